The summed E-state index contributed by atoms with van der Waals surface area (Å²) >= 11 is 0. The number of ether oxygens (including phenoxy) is 1. The van der Waals surface area contributed by atoms with Gasteiger partial charge in [0, 0.05) is 37.0 Å². The minimum atomic E-state index is -0.421. The first-order chi connectivity index (χ1) is 13.1. The van der Waals surface area contributed by atoms with Crippen molar-refractivity contribution in [1.82, 2.24) is 0 Å². The predicted molar refractivity (Wildman–Crippen MR) is 109 cm³/mol. The standard InChI is InChI=1S/C22H26N2O3/c1-4-21(25)27-17-16-18-12-14-20(15-13-18)24(6-3)22(26)23(5-2)19-10-8-7-9-11-19/h4,7-15H,1,5-6,16-17H2,2-3H3. The summed E-state index contributed by atoms with van der Waals surface area (Å²) in [5, 5.41) is 0. The van der Waals surface area contributed by atoms with E-state index in [-0.39, 0.29) is 6.03 Å². The summed E-state index contributed by atoms with van der Waals surface area (Å²) in [5.41, 5.74) is 2.75. The smallest absolute Gasteiger partial charge is 0.330 e. The largest absolute Gasteiger partial charge is 0.462 e. The Kier molecular flexibility index (Phi) is 7.62. The fourth-order valence-electron chi connectivity index (χ4n) is 2.78. The predicted octanol–water partition coefficient (Wildman–Crippen LogP) is 4.43. The highest BCUT2D eigenvalue weighted by atomic mass is 16.5. The lowest BCUT2D eigenvalue weighted by atomic mass is 10.1. The Labute approximate surface area is 160 Å². The molecular formula is C22H26N2O3. The lowest BCUT2D eigenvalue weighted by molar-refractivity contribution is -0.137. The minimum absolute atomic E-state index is 0.0566. The van der Waals surface area contributed by atoms with Gasteiger partial charge in [0.1, 0.15) is 0 Å². The molecule has 0 bridgehead atoms. The third-order valence-corrected chi connectivity index (χ3v) is 4.21. The Morgan fingerprint density at radius 3 is 2.00 bits per heavy atom. The molecule has 2 aromatic carbocycles. The molecule has 5 nitrogen and oxygen atoms in total. The quantitative estimate of drug-likeness (QED) is 0.513. The number of benzene rings is 2. The number of hydrogen-bond donors (Lipinski definition) is 0. The summed E-state index contributed by atoms with van der Waals surface area (Å²) in [4.78, 5) is 27.6. The lowest BCUT2D eigenvalue weighted by Crippen LogP contribution is -2.43. The van der Waals surface area contributed by atoms with Crippen molar-refractivity contribution in [2.75, 3.05) is 29.5 Å². The van der Waals surface area contributed by atoms with Crippen LogP contribution in [0.2, 0.25) is 0 Å². The van der Waals surface area contributed by atoms with Gasteiger partial charge in [-0.2, -0.15) is 0 Å². The number of nitrogens with zero attached hydrogens (tertiary/aromatic N) is 2. The van der Waals surface area contributed by atoms with Crippen molar-refractivity contribution < 1.29 is 14.3 Å². The molecule has 0 aliphatic heterocycles. The van der Waals surface area contributed by atoms with Crippen molar-refractivity contribution in [3.05, 3.63) is 72.8 Å². The Bertz CT molecular complexity index is 757. The Morgan fingerprint density at radius 2 is 1.48 bits per heavy atom. The molecule has 2 aromatic rings. The van der Waals surface area contributed by atoms with E-state index in [0.717, 1.165) is 23.0 Å². The van der Waals surface area contributed by atoms with Gasteiger partial charge in [0.15, 0.2) is 0 Å². The van der Waals surface area contributed by atoms with E-state index >= 15 is 0 Å². The van der Waals surface area contributed by atoms with Gasteiger partial charge in [-0.3, -0.25) is 9.80 Å². The topological polar surface area (TPSA) is 49.9 Å². The van der Waals surface area contributed by atoms with E-state index in [4.69, 9.17) is 4.74 Å². The fraction of sp³-hybridized carbons (Fsp3) is 0.273. The van der Waals surface area contributed by atoms with E-state index < -0.39 is 5.97 Å². The molecule has 0 saturated carbocycles. The first-order valence-electron chi connectivity index (χ1n) is 9.12. The van der Waals surface area contributed by atoms with E-state index in [9.17, 15) is 9.59 Å². The number of urea groups is 1. The van der Waals surface area contributed by atoms with Gasteiger partial charge in [-0.1, -0.05) is 36.9 Å². The van der Waals surface area contributed by atoms with Gasteiger partial charge in [-0.15, -0.1) is 0 Å². The molecule has 142 valence electrons. The summed E-state index contributed by atoms with van der Waals surface area (Å²) in [7, 11) is 0. The van der Waals surface area contributed by atoms with Crippen molar-refractivity contribution in [3.8, 4) is 0 Å². The van der Waals surface area contributed by atoms with Gasteiger partial charge in [0.05, 0.1) is 6.61 Å². The number of rotatable bonds is 8. The molecule has 0 radical (unpaired) electrons. The van der Waals surface area contributed by atoms with Gasteiger partial charge in [-0.25, -0.2) is 9.59 Å². The summed E-state index contributed by atoms with van der Waals surface area (Å²) in [5.74, 6) is -0.421. The second kappa shape index (κ2) is 10.2. The molecule has 27 heavy (non-hydrogen) atoms. The van der Waals surface area contributed by atoms with Gasteiger partial charge in [-0.05, 0) is 43.7 Å². The Morgan fingerprint density at radius 1 is 0.926 bits per heavy atom. The number of carbonyl (C=O) groups excluding carboxylic acids is 2. The number of esters is 1. The third kappa shape index (κ3) is 5.45. The number of anilines is 2. The molecule has 0 aromatic heterocycles. The molecule has 0 atom stereocenters. The molecule has 5 heteroatoms. The third-order valence-electron chi connectivity index (χ3n) is 4.21. The van der Waals surface area contributed by atoms with Crippen LogP contribution < -0.4 is 9.80 Å². The second-order valence-corrected chi connectivity index (χ2v) is 5.89. The van der Waals surface area contributed by atoms with Crippen molar-refractivity contribution >= 4 is 23.4 Å². The maximum absolute atomic E-state index is 13.1. The minimum Gasteiger partial charge on any atom is -0.462 e. The van der Waals surface area contributed by atoms with Gasteiger partial charge in [0.2, 0.25) is 0 Å². The zero-order chi connectivity index (χ0) is 19.6. The SMILES string of the molecule is C=CC(=O)OCCc1ccc(N(CC)C(=O)N(CC)c2ccccc2)cc1. The Balaban J connectivity index is 2.08. The molecule has 0 unspecified atom stereocenters. The van der Waals surface area contributed by atoms with Crippen LogP contribution >= 0.6 is 0 Å². The number of amides is 2. The van der Waals surface area contributed by atoms with Crippen LogP contribution in [0.1, 0.15) is 19.4 Å². The average Bonchev–Trinajstić information content (AvgIpc) is 2.71. The zero-order valence-electron chi connectivity index (χ0n) is 15.9. The van der Waals surface area contributed by atoms with Crippen LogP contribution in [0.5, 0.6) is 0 Å². The van der Waals surface area contributed by atoms with Crippen molar-refractivity contribution in [2.24, 2.45) is 0 Å². The number of carbonyl (C=O) groups is 2. The molecule has 0 saturated heterocycles. The molecule has 0 spiro atoms. The molecule has 0 fully saturated rings. The van der Waals surface area contributed by atoms with Crippen LogP contribution in [-0.2, 0) is 16.0 Å². The van der Waals surface area contributed by atoms with Crippen molar-refractivity contribution in [2.45, 2.75) is 20.3 Å². The molecule has 2 rings (SSSR count). The highest BCUT2D eigenvalue weighted by Gasteiger charge is 2.21. The lowest BCUT2D eigenvalue weighted by Gasteiger charge is -2.29. The van der Waals surface area contributed by atoms with E-state index in [1.54, 1.807) is 9.80 Å². The van der Waals surface area contributed by atoms with Crippen LogP contribution in [0.25, 0.3) is 0 Å². The highest BCUT2D eigenvalue weighted by Crippen LogP contribution is 2.21. The van der Waals surface area contributed by atoms with Crippen molar-refractivity contribution in [1.29, 1.82) is 0 Å². The highest BCUT2D eigenvalue weighted by molar-refractivity contribution is 6.03. The van der Waals surface area contributed by atoms with Crippen molar-refractivity contribution in [3.63, 3.8) is 0 Å². The van der Waals surface area contributed by atoms with E-state index in [1.807, 2.05) is 68.4 Å². The first-order valence-corrected chi connectivity index (χ1v) is 9.12. The van der Waals surface area contributed by atoms with Crippen LogP contribution in [-0.4, -0.2) is 31.7 Å². The molecule has 0 aliphatic carbocycles. The molecular weight excluding hydrogens is 340 g/mol. The monoisotopic (exact) mass is 366 g/mol. The van der Waals surface area contributed by atoms with Crippen LogP contribution in [0.15, 0.2) is 67.3 Å². The fourth-order valence-corrected chi connectivity index (χ4v) is 2.78. The second-order valence-electron chi connectivity index (χ2n) is 5.89. The number of para-hydroxylation sites is 1. The summed E-state index contributed by atoms with van der Waals surface area (Å²) in [6.07, 6.45) is 1.77. The van der Waals surface area contributed by atoms with E-state index in [2.05, 4.69) is 6.58 Å². The molecule has 0 heterocycles. The van der Waals surface area contributed by atoms with Crippen LogP contribution in [0.3, 0.4) is 0 Å². The van der Waals surface area contributed by atoms with E-state index in [1.165, 1.54) is 0 Å². The Hall–Kier alpha value is -3.08. The molecule has 0 aliphatic rings. The van der Waals surface area contributed by atoms with E-state index in [0.29, 0.717) is 26.1 Å². The van der Waals surface area contributed by atoms with Crippen LogP contribution in [0.4, 0.5) is 16.2 Å². The van der Waals surface area contributed by atoms with Gasteiger partial charge < -0.3 is 4.74 Å². The summed E-state index contributed by atoms with van der Waals surface area (Å²) in [6.45, 7) is 8.75. The molecule has 2 amide bonds. The first kappa shape index (κ1) is 20.2. The van der Waals surface area contributed by atoms with Gasteiger partial charge >= 0.3 is 12.0 Å². The summed E-state index contributed by atoms with van der Waals surface area (Å²) in [6, 6.07) is 17.3. The molecule has 0 N–H and O–H groups in total. The average molecular weight is 366 g/mol. The zero-order valence-corrected chi connectivity index (χ0v) is 15.9. The maximum Gasteiger partial charge on any atom is 0.330 e. The maximum atomic E-state index is 13.1. The number of hydrogen-bond acceptors (Lipinski definition) is 3. The normalized spacial score (nSPS) is 10.1. The summed E-state index contributed by atoms with van der Waals surface area (Å²) < 4.78 is 5.00. The van der Waals surface area contributed by atoms with Crippen LogP contribution in [0, 0.1) is 0 Å². The van der Waals surface area contributed by atoms with Gasteiger partial charge in [0.25, 0.3) is 0 Å².